The van der Waals surface area contributed by atoms with Crippen molar-refractivity contribution in [2.24, 2.45) is 0 Å². The summed E-state index contributed by atoms with van der Waals surface area (Å²) in [6.07, 6.45) is 2.74. The Morgan fingerprint density at radius 1 is 1.14 bits per heavy atom. The minimum atomic E-state index is -2.80. The number of nitrogens with one attached hydrogen (secondary N) is 1. The highest BCUT2D eigenvalue weighted by Crippen LogP contribution is 2.23. The molecule has 0 radical (unpaired) electrons. The normalized spacial score (nSPS) is 34.1. The van der Waals surface area contributed by atoms with Gasteiger partial charge in [-0.3, -0.25) is 4.90 Å². The van der Waals surface area contributed by atoms with E-state index in [2.05, 4.69) is 10.2 Å². The van der Waals surface area contributed by atoms with Gasteiger partial charge in [-0.1, -0.05) is 0 Å². The number of hydrogen-bond donors (Lipinski definition) is 1. The molecule has 2 aliphatic heterocycles. The maximum Gasteiger partial charge on any atom is 0.166 e. The van der Waals surface area contributed by atoms with Gasteiger partial charge in [-0.05, 0) is 25.8 Å². The Labute approximate surface area is 85.6 Å². The molecule has 0 bridgehead atoms. The van der Waals surface area contributed by atoms with E-state index < -0.39 is 9.84 Å². The Hall–Kier alpha value is -0.130. The Kier molecular flexibility index (Phi) is 3.09. The van der Waals surface area contributed by atoms with E-state index in [4.69, 9.17) is 0 Å². The zero-order chi connectivity index (χ0) is 10.0. The van der Waals surface area contributed by atoms with Gasteiger partial charge in [0, 0.05) is 19.6 Å². The Morgan fingerprint density at radius 3 is 2.71 bits per heavy atom. The highest BCUT2D eigenvalue weighted by Gasteiger charge is 2.35. The number of hydrogen-bond acceptors (Lipinski definition) is 4. The van der Waals surface area contributed by atoms with Crippen LogP contribution in [-0.4, -0.2) is 50.6 Å². The summed E-state index contributed by atoms with van der Waals surface area (Å²) in [5.74, 6) is 0.390. The van der Waals surface area contributed by atoms with Crippen molar-refractivity contribution < 1.29 is 8.42 Å². The number of nitrogens with zero attached hydrogens (tertiary/aromatic N) is 1. The quantitative estimate of drug-likeness (QED) is 0.663. The summed E-state index contributed by atoms with van der Waals surface area (Å²) in [6, 6.07) is 0. The smallest absolute Gasteiger partial charge is 0.166 e. The molecule has 1 unspecified atom stereocenters. The van der Waals surface area contributed by atoms with Crippen molar-refractivity contribution in [1.29, 1.82) is 0 Å². The molecule has 0 spiro atoms. The highest BCUT2D eigenvalue weighted by molar-refractivity contribution is 7.92. The van der Waals surface area contributed by atoms with Gasteiger partial charge in [-0.25, -0.2) is 8.42 Å². The van der Waals surface area contributed by atoms with Crippen molar-refractivity contribution in [3.8, 4) is 0 Å². The van der Waals surface area contributed by atoms with E-state index >= 15 is 0 Å². The van der Waals surface area contributed by atoms with Crippen molar-refractivity contribution >= 4 is 9.84 Å². The lowest BCUT2D eigenvalue weighted by molar-refractivity contribution is 0.261. The fraction of sp³-hybridized carbons (Fsp3) is 1.00. The summed E-state index contributed by atoms with van der Waals surface area (Å²) in [7, 11) is -2.80. The monoisotopic (exact) mass is 218 g/mol. The summed E-state index contributed by atoms with van der Waals surface area (Å²) in [5, 5.41) is 3.11. The van der Waals surface area contributed by atoms with Gasteiger partial charge in [0.25, 0.3) is 0 Å². The molecule has 4 nitrogen and oxygen atoms in total. The predicted octanol–water partition coefficient (Wildman–Crippen LogP) is -0.184. The maximum atomic E-state index is 11.7. The fourth-order valence-electron chi connectivity index (χ4n) is 2.34. The van der Waals surface area contributed by atoms with Crippen molar-refractivity contribution in [2.45, 2.75) is 24.6 Å². The van der Waals surface area contributed by atoms with Crippen LogP contribution in [0.3, 0.4) is 0 Å². The van der Waals surface area contributed by atoms with Crippen molar-refractivity contribution in [3.63, 3.8) is 0 Å². The van der Waals surface area contributed by atoms with Crippen molar-refractivity contribution in [2.75, 3.05) is 31.9 Å². The molecule has 2 heterocycles. The van der Waals surface area contributed by atoms with Crippen LogP contribution in [-0.2, 0) is 9.84 Å². The van der Waals surface area contributed by atoms with E-state index in [-0.39, 0.29) is 5.37 Å². The van der Waals surface area contributed by atoms with Crippen LogP contribution in [0.5, 0.6) is 0 Å². The van der Waals surface area contributed by atoms with Crippen molar-refractivity contribution in [3.05, 3.63) is 0 Å². The Bertz CT molecular complexity index is 281. The second-order valence-electron chi connectivity index (χ2n) is 4.10. The molecule has 1 atom stereocenters. The third-order valence-electron chi connectivity index (χ3n) is 3.08. The summed E-state index contributed by atoms with van der Waals surface area (Å²) >= 11 is 0. The van der Waals surface area contributed by atoms with Gasteiger partial charge in [0.15, 0.2) is 9.84 Å². The molecule has 0 aromatic rings. The summed E-state index contributed by atoms with van der Waals surface area (Å²) in [5.41, 5.74) is 0. The van der Waals surface area contributed by atoms with Gasteiger partial charge < -0.3 is 5.32 Å². The number of sulfone groups is 1. The molecule has 2 aliphatic rings. The number of rotatable bonds is 1. The fourth-order valence-corrected chi connectivity index (χ4v) is 4.37. The molecule has 2 fully saturated rings. The molecule has 1 N–H and O–H groups in total. The molecule has 0 aromatic carbocycles. The third kappa shape index (κ3) is 2.10. The lowest BCUT2D eigenvalue weighted by Crippen LogP contribution is -2.40. The minimum Gasteiger partial charge on any atom is -0.315 e. The zero-order valence-corrected chi connectivity index (χ0v) is 9.22. The topological polar surface area (TPSA) is 49.4 Å². The molecule has 2 saturated heterocycles. The average Bonchev–Trinajstić information content (AvgIpc) is 2.41. The highest BCUT2D eigenvalue weighted by atomic mass is 32.2. The minimum absolute atomic E-state index is 0.178. The second kappa shape index (κ2) is 4.16. The summed E-state index contributed by atoms with van der Waals surface area (Å²) in [4.78, 5) is 2.14. The maximum absolute atomic E-state index is 11.7. The van der Waals surface area contributed by atoms with Gasteiger partial charge in [0.1, 0.15) is 5.37 Å². The zero-order valence-electron chi connectivity index (χ0n) is 8.41. The molecule has 14 heavy (non-hydrogen) atoms. The van der Waals surface area contributed by atoms with Crippen LogP contribution >= 0.6 is 0 Å². The van der Waals surface area contributed by atoms with E-state index in [0.29, 0.717) is 5.75 Å². The first-order chi connectivity index (χ1) is 6.70. The Morgan fingerprint density at radius 2 is 2.00 bits per heavy atom. The molecule has 0 saturated carbocycles. The SMILES string of the molecule is O=S1(=O)CCCC1N1CCCNCC1. The van der Waals surface area contributed by atoms with Crippen LogP contribution in [0.25, 0.3) is 0 Å². The largest absolute Gasteiger partial charge is 0.315 e. The Balaban J connectivity index is 2.05. The van der Waals surface area contributed by atoms with Crippen LogP contribution in [0.4, 0.5) is 0 Å². The van der Waals surface area contributed by atoms with Crippen molar-refractivity contribution in [1.82, 2.24) is 10.2 Å². The lowest BCUT2D eigenvalue weighted by Gasteiger charge is -2.25. The van der Waals surface area contributed by atoms with E-state index in [1.54, 1.807) is 0 Å². The molecule has 5 heteroatoms. The first-order valence-corrected chi connectivity index (χ1v) is 7.08. The third-order valence-corrected chi connectivity index (χ3v) is 5.30. The molecular formula is C9H18N2O2S. The molecular weight excluding hydrogens is 200 g/mol. The van der Waals surface area contributed by atoms with E-state index in [1.165, 1.54) is 0 Å². The van der Waals surface area contributed by atoms with Crippen LogP contribution in [0.2, 0.25) is 0 Å². The first-order valence-electron chi connectivity index (χ1n) is 5.36. The molecule has 2 rings (SSSR count). The molecule has 82 valence electrons. The van der Waals surface area contributed by atoms with Gasteiger partial charge in [0.05, 0.1) is 5.75 Å². The van der Waals surface area contributed by atoms with Crippen LogP contribution in [0, 0.1) is 0 Å². The lowest BCUT2D eigenvalue weighted by atomic mass is 10.3. The van der Waals surface area contributed by atoms with Gasteiger partial charge >= 0.3 is 0 Å². The van der Waals surface area contributed by atoms with Crippen LogP contribution in [0.1, 0.15) is 19.3 Å². The standard InChI is InChI=1S/C9H18N2O2S/c12-14(13)8-1-3-9(14)11-6-2-4-10-5-7-11/h9-10H,1-8H2. The second-order valence-corrected chi connectivity index (χ2v) is 6.38. The van der Waals surface area contributed by atoms with Crippen LogP contribution in [0.15, 0.2) is 0 Å². The van der Waals surface area contributed by atoms with Gasteiger partial charge in [0.2, 0.25) is 0 Å². The molecule has 0 aromatic heterocycles. The summed E-state index contributed by atoms with van der Waals surface area (Å²) in [6.45, 7) is 3.75. The predicted molar refractivity (Wildman–Crippen MR) is 55.9 cm³/mol. The first kappa shape index (κ1) is 10.4. The van der Waals surface area contributed by atoms with E-state index in [0.717, 1.165) is 45.4 Å². The van der Waals surface area contributed by atoms with Gasteiger partial charge in [-0.15, -0.1) is 0 Å². The van der Waals surface area contributed by atoms with Gasteiger partial charge in [-0.2, -0.15) is 0 Å². The van der Waals surface area contributed by atoms with E-state index in [1.807, 2.05) is 0 Å². The van der Waals surface area contributed by atoms with Crippen LogP contribution < -0.4 is 5.32 Å². The molecule has 0 aliphatic carbocycles. The average molecular weight is 218 g/mol. The van der Waals surface area contributed by atoms with E-state index in [9.17, 15) is 8.42 Å². The summed E-state index contributed by atoms with van der Waals surface area (Å²) < 4.78 is 23.4. The molecule has 0 amide bonds.